The maximum absolute atomic E-state index is 8.41. The molecule has 0 aliphatic heterocycles. The van der Waals surface area contributed by atoms with Gasteiger partial charge in [-0.05, 0) is 12.0 Å². The Morgan fingerprint density at radius 2 is 1.80 bits per heavy atom. The fourth-order valence-corrected chi connectivity index (χ4v) is 0.744. The molecule has 0 rings (SSSR count). The molecule has 0 aliphatic carbocycles. The fourth-order valence-electron chi connectivity index (χ4n) is 0.744. The Kier molecular flexibility index (Phi) is 29.6. The van der Waals surface area contributed by atoms with E-state index in [0.717, 1.165) is 12.0 Å². The number of hydrogen-bond acceptors (Lipinski definition) is 1. The molecule has 0 bridgehead atoms. The minimum atomic E-state index is 0.484. The molecule has 0 heterocycles. The SMILES string of the molecule is C=C/C=C\C(=C/CC)CC#N.CC.CC. The molecule has 0 atom stereocenters. The lowest BCUT2D eigenvalue weighted by Crippen LogP contribution is -1.74. The van der Waals surface area contributed by atoms with Gasteiger partial charge in [-0.2, -0.15) is 5.26 Å². The van der Waals surface area contributed by atoms with Crippen molar-refractivity contribution in [3.63, 3.8) is 0 Å². The highest BCUT2D eigenvalue weighted by Crippen LogP contribution is 2.03. The first-order valence-corrected chi connectivity index (χ1v) is 5.70. The van der Waals surface area contributed by atoms with Gasteiger partial charge < -0.3 is 0 Å². The zero-order valence-electron chi connectivity index (χ0n) is 10.9. The molecule has 0 aromatic heterocycles. The summed E-state index contributed by atoms with van der Waals surface area (Å²) in [7, 11) is 0. The minimum Gasteiger partial charge on any atom is -0.198 e. The van der Waals surface area contributed by atoms with Crippen LogP contribution in [-0.4, -0.2) is 0 Å². The molecule has 86 valence electrons. The van der Waals surface area contributed by atoms with Gasteiger partial charge in [0.25, 0.3) is 0 Å². The summed E-state index contributed by atoms with van der Waals surface area (Å²) < 4.78 is 0. The van der Waals surface area contributed by atoms with Gasteiger partial charge in [0.1, 0.15) is 0 Å². The first-order valence-electron chi connectivity index (χ1n) is 5.70. The molecule has 0 saturated heterocycles. The first-order chi connectivity index (χ1) is 7.35. The lowest BCUT2D eigenvalue weighted by Gasteiger charge is -1.91. The monoisotopic (exact) mass is 207 g/mol. The fraction of sp³-hybridized carbons (Fsp3) is 0.500. The highest BCUT2D eigenvalue weighted by molar-refractivity contribution is 5.24. The van der Waals surface area contributed by atoms with E-state index < -0.39 is 0 Å². The Morgan fingerprint density at radius 3 is 2.13 bits per heavy atom. The van der Waals surface area contributed by atoms with Crippen LogP contribution in [0.1, 0.15) is 47.5 Å². The van der Waals surface area contributed by atoms with Gasteiger partial charge in [0.05, 0.1) is 12.5 Å². The van der Waals surface area contributed by atoms with Crippen molar-refractivity contribution in [3.8, 4) is 6.07 Å². The van der Waals surface area contributed by atoms with Crippen LogP contribution in [0.3, 0.4) is 0 Å². The molecule has 0 saturated carbocycles. The summed E-state index contributed by atoms with van der Waals surface area (Å²) in [5.41, 5.74) is 1.06. The van der Waals surface area contributed by atoms with Gasteiger partial charge in [-0.3, -0.25) is 0 Å². The summed E-state index contributed by atoms with van der Waals surface area (Å²) in [6.07, 6.45) is 8.97. The summed E-state index contributed by atoms with van der Waals surface area (Å²) >= 11 is 0. The van der Waals surface area contributed by atoms with Crippen LogP contribution in [0.2, 0.25) is 0 Å². The van der Waals surface area contributed by atoms with Gasteiger partial charge in [-0.1, -0.05) is 65.5 Å². The molecular formula is C14H25N. The van der Waals surface area contributed by atoms with E-state index in [1.807, 2.05) is 45.9 Å². The van der Waals surface area contributed by atoms with Crippen LogP contribution in [0.5, 0.6) is 0 Å². The molecular weight excluding hydrogens is 182 g/mol. The summed E-state index contributed by atoms with van der Waals surface area (Å²) in [6, 6.07) is 2.11. The van der Waals surface area contributed by atoms with E-state index in [2.05, 4.69) is 19.6 Å². The highest BCUT2D eigenvalue weighted by Gasteiger charge is 1.87. The third-order valence-corrected chi connectivity index (χ3v) is 1.20. The number of allylic oxidation sites excluding steroid dienone is 5. The van der Waals surface area contributed by atoms with Crippen molar-refractivity contribution in [2.45, 2.75) is 47.5 Å². The normalized spacial score (nSPS) is 9.20. The van der Waals surface area contributed by atoms with Crippen LogP contribution in [0.4, 0.5) is 0 Å². The summed E-state index contributed by atoms with van der Waals surface area (Å²) in [4.78, 5) is 0. The second kappa shape index (κ2) is 23.0. The van der Waals surface area contributed by atoms with Crippen molar-refractivity contribution < 1.29 is 0 Å². The molecule has 1 heteroatoms. The average Bonchev–Trinajstić information content (AvgIpc) is 2.32. The van der Waals surface area contributed by atoms with Crippen molar-refractivity contribution >= 4 is 0 Å². The van der Waals surface area contributed by atoms with E-state index in [4.69, 9.17) is 5.26 Å². The van der Waals surface area contributed by atoms with Gasteiger partial charge in [0, 0.05) is 0 Å². The lowest BCUT2D eigenvalue weighted by molar-refractivity contribution is 1.16. The van der Waals surface area contributed by atoms with Gasteiger partial charge in [0.15, 0.2) is 0 Å². The highest BCUT2D eigenvalue weighted by atomic mass is 14.2. The molecule has 0 N–H and O–H groups in total. The van der Waals surface area contributed by atoms with E-state index in [0.29, 0.717) is 6.42 Å². The molecule has 0 spiro atoms. The smallest absolute Gasteiger partial charge is 0.0669 e. The Bertz CT molecular complexity index is 204. The molecule has 15 heavy (non-hydrogen) atoms. The molecule has 0 unspecified atom stereocenters. The van der Waals surface area contributed by atoms with Crippen molar-refractivity contribution in [2.75, 3.05) is 0 Å². The van der Waals surface area contributed by atoms with Crippen molar-refractivity contribution in [2.24, 2.45) is 0 Å². The van der Waals surface area contributed by atoms with E-state index in [9.17, 15) is 0 Å². The van der Waals surface area contributed by atoms with Crippen LogP contribution in [0.15, 0.2) is 36.5 Å². The van der Waals surface area contributed by atoms with Gasteiger partial charge >= 0.3 is 0 Å². The Hall–Kier alpha value is -1.29. The second-order valence-electron chi connectivity index (χ2n) is 2.12. The summed E-state index contributed by atoms with van der Waals surface area (Å²) in [5, 5.41) is 8.41. The molecule has 0 aliphatic rings. The predicted molar refractivity (Wildman–Crippen MR) is 70.6 cm³/mol. The quantitative estimate of drug-likeness (QED) is 0.593. The van der Waals surface area contributed by atoms with Crippen molar-refractivity contribution in [3.05, 3.63) is 36.5 Å². The van der Waals surface area contributed by atoms with E-state index >= 15 is 0 Å². The van der Waals surface area contributed by atoms with Crippen LogP contribution in [0, 0.1) is 11.3 Å². The number of nitriles is 1. The van der Waals surface area contributed by atoms with E-state index in [-0.39, 0.29) is 0 Å². The summed E-state index contributed by atoms with van der Waals surface area (Å²) in [6.45, 7) is 13.6. The molecule has 1 nitrogen and oxygen atoms in total. The lowest BCUT2D eigenvalue weighted by atomic mass is 10.1. The Balaban J connectivity index is -0.000000318. The van der Waals surface area contributed by atoms with Gasteiger partial charge in [-0.15, -0.1) is 0 Å². The minimum absolute atomic E-state index is 0.484. The molecule has 0 aromatic carbocycles. The second-order valence-corrected chi connectivity index (χ2v) is 2.12. The number of hydrogen-bond donors (Lipinski definition) is 0. The molecule has 0 fully saturated rings. The Labute approximate surface area is 95.8 Å². The largest absolute Gasteiger partial charge is 0.198 e. The van der Waals surface area contributed by atoms with E-state index in [1.54, 1.807) is 6.08 Å². The standard InChI is InChI=1S/C10H13N.2C2H6/c1-3-5-7-10(6-4-2)8-9-11;2*1-2/h3,5-7H,1,4,8H2,2H3;2*1-2H3/b7-5-,10-6+;;. The molecule has 0 radical (unpaired) electrons. The zero-order valence-corrected chi connectivity index (χ0v) is 10.9. The van der Waals surface area contributed by atoms with Crippen molar-refractivity contribution in [1.82, 2.24) is 0 Å². The maximum atomic E-state index is 8.41. The van der Waals surface area contributed by atoms with Gasteiger partial charge in [-0.25, -0.2) is 0 Å². The van der Waals surface area contributed by atoms with Crippen molar-refractivity contribution in [1.29, 1.82) is 5.26 Å². The van der Waals surface area contributed by atoms with Crippen LogP contribution >= 0.6 is 0 Å². The van der Waals surface area contributed by atoms with Crippen LogP contribution in [-0.2, 0) is 0 Å². The Morgan fingerprint density at radius 1 is 1.27 bits per heavy atom. The molecule has 0 amide bonds. The number of rotatable bonds is 4. The third-order valence-electron chi connectivity index (χ3n) is 1.20. The third kappa shape index (κ3) is 19.2. The predicted octanol–water partition coefficient (Wildman–Crippen LogP) is 5.03. The first kappa shape index (κ1) is 19.3. The van der Waals surface area contributed by atoms with E-state index in [1.165, 1.54) is 0 Å². The average molecular weight is 207 g/mol. The molecule has 0 aromatic rings. The van der Waals surface area contributed by atoms with Crippen LogP contribution in [0.25, 0.3) is 0 Å². The number of nitrogens with zero attached hydrogens (tertiary/aromatic N) is 1. The van der Waals surface area contributed by atoms with Gasteiger partial charge in [0.2, 0.25) is 0 Å². The topological polar surface area (TPSA) is 23.8 Å². The zero-order chi connectivity index (χ0) is 12.5. The maximum Gasteiger partial charge on any atom is 0.0669 e. The van der Waals surface area contributed by atoms with Crippen LogP contribution < -0.4 is 0 Å². The summed E-state index contributed by atoms with van der Waals surface area (Å²) in [5.74, 6) is 0.